The summed E-state index contributed by atoms with van der Waals surface area (Å²) >= 11 is 0. The second-order valence-corrected chi connectivity index (χ2v) is 19.1. The first-order valence-corrected chi connectivity index (χ1v) is 29.5. The van der Waals surface area contributed by atoms with Crippen molar-refractivity contribution in [2.75, 3.05) is 13.2 Å². The van der Waals surface area contributed by atoms with E-state index < -0.39 is 6.10 Å². The molecule has 0 N–H and O–H groups in total. The van der Waals surface area contributed by atoms with Crippen LogP contribution in [0, 0.1) is 0 Å². The van der Waals surface area contributed by atoms with Crippen LogP contribution in [0.3, 0.4) is 0 Å². The Bertz CT molecular complexity index is 1520. The smallest absolute Gasteiger partial charge is 0.306 e. The van der Waals surface area contributed by atoms with Crippen LogP contribution in [0.5, 0.6) is 0 Å². The van der Waals surface area contributed by atoms with Crippen molar-refractivity contribution in [2.24, 2.45) is 0 Å². The van der Waals surface area contributed by atoms with Crippen molar-refractivity contribution < 1.29 is 28.6 Å². The van der Waals surface area contributed by atoms with Gasteiger partial charge in [-0.1, -0.05) is 239 Å². The van der Waals surface area contributed by atoms with Crippen LogP contribution in [0.15, 0.2) is 122 Å². The van der Waals surface area contributed by atoms with E-state index in [4.69, 9.17) is 14.2 Å². The topological polar surface area (TPSA) is 78.9 Å². The number of carbonyl (C=O) groups excluding carboxylic acids is 3. The number of ether oxygens (including phenoxy) is 3. The molecule has 72 heavy (non-hydrogen) atoms. The number of unbranched alkanes of at least 4 members (excludes halogenated alkanes) is 21. The fraction of sp³-hybridized carbons (Fsp3) is 0.652. The van der Waals surface area contributed by atoms with Crippen molar-refractivity contribution in [2.45, 2.75) is 264 Å². The van der Waals surface area contributed by atoms with E-state index in [0.29, 0.717) is 19.3 Å². The number of allylic oxidation sites excluding steroid dienone is 20. The molecule has 1 unspecified atom stereocenters. The van der Waals surface area contributed by atoms with Gasteiger partial charge in [0.1, 0.15) is 13.2 Å². The van der Waals surface area contributed by atoms with E-state index in [0.717, 1.165) is 148 Å². The molecule has 0 fully saturated rings. The van der Waals surface area contributed by atoms with Gasteiger partial charge in [-0.3, -0.25) is 14.4 Å². The van der Waals surface area contributed by atoms with Crippen LogP contribution in [0.2, 0.25) is 0 Å². The number of hydrogen-bond donors (Lipinski definition) is 0. The molecule has 6 heteroatoms. The molecule has 0 amide bonds. The molecule has 0 aliphatic heterocycles. The average molecular weight is 998 g/mol. The van der Waals surface area contributed by atoms with Gasteiger partial charge in [-0.05, 0) is 122 Å². The number of hydrogen-bond acceptors (Lipinski definition) is 6. The van der Waals surface area contributed by atoms with Gasteiger partial charge in [0.05, 0.1) is 0 Å². The lowest BCUT2D eigenvalue weighted by atomic mass is 10.1. The lowest BCUT2D eigenvalue weighted by Crippen LogP contribution is -2.30. The van der Waals surface area contributed by atoms with Gasteiger partial charge in [0.15, 0.2) is 6.10 Å². The van der Waals surface area contributed by atoms with Gasteiger partial charge < -0.3 is 14.2 Å². The third-order valence-corrected chi connectivity index (χ3v) is 12.2. The number of carbonyl (C=O) groups is 3. The van der Waals surface area contributed by atoms with E-state index in [1.807, 2.05) is 0 Å². The van der Waals surface area contributed by atoms with Gasteiger partial charge in [-0.25, -0.2) is 0 Å². The van der Waals surface area contributed by atoms with E-state index in [-0.39, 0.29) is 31.1 Å². The van der Waals surface area contributed by atoms with Crippen molar-refractivity contribution in [3.63, 3.8) is 0 Å². The summed E-state index contributed by atoms with van der Waals surface area (Å²) in [6.45, 7) is 6.33. The number of rotatable bonds is 52. The Morgan fingerprint density at radius 2 is 0.542 bits per heavy atom. The first kappa shape index (κ1) is 67.8. The van der Waals surface area contributed by atoms with Gasteiger partial charge in [-0.15, -0.1) is 0 Å². The summed E-state index contributed by atoms with van der Waals surface area (Å²) in [5, 5.41) is 0. The largest absolute Gasteiger partial charge is 0.462 e. The van der Waals surface area contributed by atoms with Gasteiger partial charge in [-0.2, -0.15) is 0 Å². The van der Waals surface area contributed by atoms with Crippen LogP contribution < -0.4 is 0 Å². The predicted octanol–water partition coefficient (Wildman–Crippen LogP) is 20.0. The Morgan fingerprint density at radius 3 is 0.861 bits per heavy atom. The normalized spacial score (nSPS) is 13.0. The molecule has 0 saturated heterocycles. The highest BCUT2D eigenvalue weighted by molar-refractivity contribution is 5.71. The summed E-state index contributed by atoms with van der Waals surface area (Å²) in [4.78, 5) is 38.1. The molecule has 6 nitrogen and oxygen atoms in total. The van der Waals surface area contributed by atoms with Crippen LogP contribution in [-0.4, -0.2) is 37.2 Å². The van der Waals surface area contributed by atoms with Crippen LogP contribution in [0.25, 0.3) is 0 Å². The van der Waals surface area contributed by atoms with E-state index >= 15 is 0 Å². The van der Waals surface area contributed by atoms with E-state index in [1.54, 1.807) is 0 Å². The maximum atomic E-state index is 12.8. The quantitative estimate of drug-likeness (QED) is 0.0261. The highest BCUT2D eigenvalue weighted by Gasteiger charge is 2.19. The van der Waals surface area contributed by atoms with Crippen molar-refractivity contribution in [3.05, 3.63) is 122 Å². The molecule has 0 spiro atoms. The monoisotopic (exact) mass is 997 g/mol. The van der Waals surface area contributed by atoms with Gasteiger partial charge in [0, 0.05) is 19.3 Å². The second-order valence-electron chi connectivity index (χ2n) is 19.1. The molecule has 1 atom stereocenters. The Morgan fingerprint density at radius 1 is 0.292 bits per heavy atom. The molecule has 0 bridgehead atoms. The highest BCUT2D eigenvalue weighted by Crippen LogP contribution is 2.15. The maximum Gasteiger partial charge on any atom is 0.306 e. The Kier molecular flexibility index (Phi) is 55.9. The van der Waals surface area contributed by atoms with E-state index in [1.165, 1.54) is 70.6 Å². The minimum absolute atomic E-state index is 0.0914. The molecule has 0 aliphatic rings. The molecule has 0 saturated carbocycles. The van der Waals surface area contributed by atoms with Crippen LogP contribution in [-0.2, 0) is 28.6 Å². The number of esters is 3. The van der Waals surface area contributed by atoms with E-state index in [2.05, 4.69) is 142 Å². The van der Waals surface area contributed by atoms with E-state index in [9.17, 15) is 14.4 Å². The zero-order chi connectivity index (χ0) is 52.2. The molecule has 408 valence electrons. The molecular weight excluding hydrogens is 889 g/mol. The van der Waals surface area contributed by atoms with Gasteiger partial charge in [0.2, 0.25) is 0 Å². The zero-order valence-electron chi connectivity index (χ0n) is 46.7. The predicted molar refractivity (Wildman–Crippen MR) is 311 cm³/mol. The summed E-state index contributed by atoms with van der Waals surface area (Å²) in [5.74, 6) is -0.921. The lowest BCUT2D eigenvalue weighted by Gasteiger charge is -2.18. The van der Waals surface area contributed by atoms with Crippen molar-refractivity contribution in [1.82, 2.24) is 0 Å². The standard InChI is InChI=1S/C66H108O6/c1-4-7-10-13-16-19-22-24-26-28-29-30-31-32-33-34-35-36-37-39-40-42-44-47-50-53-56-59-65(68)71-62-63(61-70-64(67)58-55-52-49-46-21-18-15-12-9-6-3)72-66(69)60-57-54-51-48-45-43-41-38-27-25-23-20-17-14-11-8-5-2/h7-8,10-12,15-17,19-20,24-27,29-30,32-33,35-36,63H,4-6,9,13-14,18,21-23,28,31,34,37-62H2,1-3H3/b10-7-,11-8-,15-12-,19-16-,20-17-,26-24-,27-25-,30-29-,33-32-,36-35-. The molecule has 0 aliphatic carbocycles. The Labute approximate surface area is 443 Å². The van der Waals surface area contributed by atoms with Gasteiger partial charge in [0.25, 0.3) is 0 Å². The molecule has 0 aromatic rings. The van der Waals surface area contributed by atoms with Crippen molar-refractivity contribution >= 4 is 17.9 Å². The average Bonchev–Trinajstić information content (AvgIpc) is 3.38. The summed E-state index contributed by atoms with van der Waals surface area (Å²) in [6.07, 6.45) is 82.0. The molecule has 0 aromatic carbocycles. The summed E-state index contributed by atoms with van der Waals surface area (Å²) in [5.41, 5.74) is 0. The first-order valence-electron chi connectivity index (χ1n) is 29.5. The second kappa shape index (κ2) is 59.4. The molecule has 0 aromatic heterocycles. The highest BCUT2D eigenvalue weighted by atomic mass is 16.6. The molecule has 0 radical (unpaired) electrons. The zero-order valence-corrected chi connectivity index (χ0v) is 46.7. The summed E-state index contributed by atoms with van der Waals surface area (Å²) in [6, 6.07) is 0. The fourth-order valence-electron chi connectivity index (χ4n) is 7.82. The third kappa shape index (κ3) is 56.7. The van der Waals surface area contributed by atoms with Crippen LogP contribution in [0.1, 0.15) is 258 Å². The summed E-state index contributed by atoms with van der Waals surface area (Å²) in [7, 11) is 0. The fourth-order valence-corrected chi connectivity index (χ4v) is 7.82. The van der Waals surface area contributed by atoms with Crippen LogP contribution in [0.4, 0.5) is 0 Å². The Hall–Kier alpha value is -4.19. The maximum absolute atomic E-state index is 12.8. The van der Waals surface area contributed by atoms with Crippen molar-refractivity contribution in [1.29, 1.82) is 0 Å². The minimum atomic E-state index is -0.793. The minimum Gasteiger partial charge on any atom is -0.462 e. The molecule has 0 heterocycles. The molecular formula is C66H108O6. The molecule has 0 rings (SSSR count). The third-order valence-electron chi connectivity index (χ3n) is 12.2. The van der Waals surface area contributed by atoms with Crippen molar-refractivity contribution in [3.8, 4) is 0 Å². The Balaban J connectivity index is 4.30. The SMILES string of the molecule is CC/C=C\C/C=C\C/C=C\C/C=C\C/C=C\C/C=C\CCCCCCCCCCC(=O)OCC(COC(=O)CCCCCCC/C=C\CCC)OC(=O)CCCCCCCCC/C=C\C/C=C\C/C=C\CC. The first-order chi connectivity index (χ1) is 35.5. The summed E-state index contributed by atoms with van der Waals surface area (Å²) < 4.78 is 16.8. The van der Waals surface area contributed by atoms with Crippen LogP contribution >= 0.6 is 0 Å². The van der Waals surface area contributed by atoms with Gasteiger partial charge >= 0.3 is 17.9 Å². The lowest BCUT2D eigenvalue weighted by molar-refractivity contribution is -0.167.